The number of pyridine rings is 1. The number of nitrogens with one attached hydrogen (secondary N) is 1. The van der Waals surface area contributed by atoms with Crippen LogP contribution in [0.15, 0.2) is 34.9 Å². The van der Waals surface area contributed by atoms with Crippen molar-refractivity contribution in [1.82, 2.24) is 4.98 Å². The van der Waals surface area contributed by atoms with Crippen LogP contribution in [0.4, 0.5) is 5.82 Å². The Labute approximate surface area is 129 Å². The maximum Gasteiger partial charge on any atom is 0.339 e. The Morgan fingerprint density at radius 2 is 2.18 bits per heavy atom. The molecule has 0 radical (unpaired) electrons. The number of hydrogen-bond donors (Lipinski definition) is 2. The molecule has 0 aromatic carbocycles. The van der Waals surface area contributed by atoms with E-state index in [1.807, 2.05) is 6.92 Å². The Balaban J connectivity index is 1.98. The second kappa shape index (κ2) is 6.62. The third-order valence-electron chi connectivity index (χ3n) is 3.16. The van der Waals surface area contributed by atoms with Gasteiger partial charge in [0.1, 0.15) is 22.9 Å². The molecule has 22 heavy (non-hydrogen) atoms. The van der Waals surface area contributed by atoms with Crippen molar-refractivity contribution in [3.05, 3.63) is 47.5 Å². The second-order valence-corrected chi connectivity index (χ2v) is 5.19. The Morgan fingerprint density at radius 3 is 2.73 bits per heavy atom. The molecule has 6 nitrogen and oxygen atoms in total. The highest BCUT2D eigenvalue weighted by molar-refractivity contribution is 5.89. The standard InChI is InChI=1S/C16H20N2O4/c1-4-21-15(19)12-6-8-14(17-9-12)18-10-16(3,20)13-7-5-11(2)22-13/h5-9,20H,4,10H2,1-3H3,(H,17,18). The maximum absolute atomic E-state index is 11.5. The van der Waals surface area contributed by atoms with E-state index in [2.05, 4.69) is 10.3 Å². The average molecular weight is 304 g/mol. The molecule has 2 heterocycles. The Bertz CT molecular complexity index is 632. The molecule has 0 saturated carbocycles. The number of nitrogens with zero attached hydrogens (tertiary/aromatic N) is 1. The lowest BCUT2D eigenvalue weighted by atomic mass is 10.0. The van der Waals surface area contributed by atoms with Crippen molar-refractivity contribution in [2.45, 2.75) is 26.4 Å². The molecule has 0 aliphatic heterocycles. The summed E-state index contributed by atoms with van der Waals surface area (Å²) < 4.78 is 10.3. The molecule has 0 saturated heterocycles. The lowest BCUT2D eigenvalue weighted by Crippen LogP contribution is -2.30. The van der Waals surface area contributed by atoms with Crippen LogP contribution in [0.3, 0.4) is 0 Å². The van der Waals surface area contributed by atoms with E-state index in [0.29, 0.717) is 23.7 Å². The first-order chi connectivity index (χ1) is 10.4. The predicted octanol–water partition coefficient (Wildman–Crippen LogP) is 2.48. The highest BCUT2D eigenvalue weighted by atomic mass is 16.5. The first kappa shape index (κ1) is 16.0. The van der Waals surface area contributed by atoms with Crippen LogP contribution in [0, 0.1) is 6.92 Å². The number of esters is 1. The number of carbonyl (C=O) groups is 1. The van der Waals surface area contributed by atoms with Crippen LogP contribution in [0.2, 0.25) is 0 Å². The number of rotatable bonds is 6. The first-order valence-corrected chi connectivity index (χ1v) is 7.08. The summed E-state index contributed by atoms with van der Waals surface area (Å²) in [6, 6.07) is 6.83. The fourth-order valence-corrected chi connectivity index (χ4v) is 1.91. The summed E-state index contributed by atoms with van der Waals surface area (Å²) in [5.41, 5.74) is -0.767. The zero-order valence-electron chi connectivity index (χ0n) is 12.9. The molecule has 2 N–H and O–H groups in total. The summed E-state index contributed by atoms with van der Waals surface area (Å²) in [4.78, 5) is 15.7. The maximum atomic E-state index is 11.5. The molecule has 118 valence electrons. The van der Waals surface area contributed by atoms with Gasteiger partial charge in [0.15, 0.2) is 0 Å². The lowest BCUT2D eigenvalue weighted by molar-refractivity contribution is 0.0466. The van der Waals surface area contributed by atoms with E-state index in [4.69, 9.17) is 9.15 Å². The summed E-state index contributed by atoms with van der Waals surface area (Å²) in [6.45, 7) is 5.78. The van der Waals surface area contributed by atoms with Crippen molar-refractivity contribution in [1.29, 1.82) is 0 Å². The molecular weight excluding hydrogens is 284 g/mol. The van der Waals surface area contributed by atoms with Crippen LogP contribution >= 0.6 is 0 Å². The van der Waals surface area contributed by atoms with E-state index in [1.54, 1.807) is 38.1 Å². The highest BCUT2D eigenvalue weighted by Crippen LogP contribution is 2.23. The van der Waals surface area contributed by atoms with E-state index in [-0.39, 0.29) is 6.54 Å². The van der Waals surface area contributed by atoms with Gasteiger partial charge in [0.25, 0.3) is 0 Å². The number of ether oxygens (including phenoxy) is 1. The summed E-state index contributed by atoms with van der Waals surface area (Å²) in [6.07, 6.45) is 1.44. The molecule has 0 spiro atoms. The lowest BCUT2D eigenvalue weighted by Gasteiger charge is -2.21. The zero-order valence-corrected chi connectivity index (χ0v) is 12.9. The molecule has 0 aliphatic rings. The molecule has 1 atom stereocenters. The fraction of sp³-hybridized carbons (Fsp3) is 0.375. The number of aliphatic hydroxyl groups is 1. The van der Waals surface area contributed by atoms with Gasteiger partial charge in [-0.1, -0.05) is 0 Å². The topological polar surface area (TPSA) is 84.6 Å². The van der Waals surface area contributed by atoms with Gasteiger partial charge in [-0.25, -0.2) is 9.78 Å². The number of carbonyl (C=O) groups excluding carboxylic acids is 1. The van der Waals surface area contributed by atoms with Gasteiger partial charge in [0.2, 0.25) is 0 Å². The molecule has 2 aromatic heterocycles. The number of anilines is 1. The van der Waals surface area contributed by atoms with Gasteiger partial charge in [0.05, 0.1) is 18.7 Å². The zero-order chi connectivity index (χ0) is 16.2. The van der Waals surface area contributed by atoms with Crippen LogP contribution in [0.1, 0.15) is 35.7 Å². The number of furan rings is 1. The number of aromatic nitrogens is 1. The largest absolute Gasteiger partial charge is 0.463 e. The van der Waals surface area contributed by atoms with E-state index in [1.165, 1.54) is 6.20 Å². The van der Waals surface area contributed by atoms with Crippen molar-refractivity contribution in [2.24, 2.45) is 0 Å². The molecule has 0 bridgehead atoms. The van der Waals surface area contributed by atoms with Gasteiger partial charge >= 0.3 is 5.97 Å². The van der Waals surface area contributed by atoms with Crippen molar-refractivity contribution in [3.8, 4) is 0 Å². The van der Waals surface area contributed by atoms with E-state index in [9.17, 15) is 9.90 Å². The Morgan fingerprint density at radius 1 is 1.41 bits per heavy atom. The highest BCUT2D eigenvalue weighted by Gasteiger charge is 2.26. The number of hydrogen-bond acceptors (Lipinski definition) is 6. The van der Waals surface area contributed by atoms with Crippen LogP contribution in [0.5, 0.6) is 0 Å². The second-order valence-electron chi connectivity index (χ2n) is 5.19. The van der Waals surface area contributed by atoms with Crippen LogP contribution in [-0.4, -0.2) is 29.2 Å². The first-order valence-electron chi connectivity index (χ1n) is 7.08. The molecule has 0 fully saturated rings. The average Bonchev–Trinajstić information content (AvgIpc) is 2.93. The van der Waals surface area contributed by atoms with Gasteiger partial charge in [-0.15, -0.1) is 0 Å². The van der Waals surface area contributed by atoms with Crippen LogP contribution in [0.25, 0.3) is 0 Å². The summed E-state index contributed by atoms with van der Waals surface area (Å²) in [5, 5.41) is 13.4. The summed E-state index contributed by atoms with van der Waals surface area (Å²) in [7, 11) is 0. The summed E-state index contributed by atoms with van der Waals surface area (Å²) in [5.74, 6) is 1.38. The quantitative estimate of drug-likeness (QED) is 0.798. The molecule has 0 amide bonds. The molecule has 2 aromatic rings. The third kappa shape index (κ3) is 3.85. The minimum Gasteiger partial charge on any atom is -0.463 e. The fourth-order valence-electron chi connectivity index (χ4n) is 1.91. The van der Waals surface area contributed by atoms with Crippen LogP contribution < -0.4 is 5.32 Å². The predicted molar refractivity (Wildman–Crippen MR) is 81.7 cm³/mol. The molecule has 2 rings (SSSR count). The smallest absolute Gasteiger partial charge is 0.339 e. The third-order valence-corrected chi connectivity index (χ3v) is 3.16. The van der Waals surface area contributed by atoms with Crippen molar-refractivity contribution >= 4 is 11.8 Å². The van der Waals surface area contributed by atoms with E-state index in [0.717, 1.165) is 5.76 Å². The minimum absolute atomic E-state index is 0.228. The monoisotopic (exact) mass is 304 g/mol. The van der Waals surface area contributed by atoms with E-state index < -0.39 is 11.6 Å². The van der Waals surface area contributed by atoms with E-state index >= 15 is 0 Å². The molecular formula is C16H20N2O4. The van der Waals surface area contributed by atoms with Gasteiger partial charge in [-0.05, 0) is 45.0 Å². The Kier molecular flexibility index (Phi) is 4.82. The van der Waals surface area contributed by atoms with Gasteiger partial charge in [-0.3, -0.25) is 0 Å². The molecule has 6 heteroatoms. The van der Waals surface area contributed by atoms with Gasteiger partial charge < -0.3 is 19.6 Å². The number of aryl methyl sites for hydroxylation is 1. The van der Waals surface area contributed by atoms with Crippen LogP contribution in [-0.2, 0) is 10.3 Å². The van der Waals surface area contributed by atoms with Crippen molar-refractivity contribution in [3.63, 3.8) is 0 Å². The minimum atomic E-state index is -1.16. The molecule has 0 aliphatic carbocycles. The Hall–Kier alpha value is -2.34. The van der Waals surface area contributed by atoms with Crippen molar-refractivity contribution in [2.75, 3.05) is 18.5 Å². The SMILES string of the molecule is CCOC(=O)c1ccc(NCC(C)(O)c2ccc(C)o2)nc1. The van der Waals surface area contributed by atoms with Gasteiger partial charge in [0, 0.05) is 6.20 Å². The summed E-state index contributed by atoms with van der Waals surface area (Å²) >= 11 is 0. The van der Waals surface area contributed by atoms with Crippen molar-refractivity contribution < 1.29 is 19.1 Å². The molecule has 1 unspecified atom stereocenters. The normalized spacial score (nSPS) is 13.5. The van der Waals surface area contributed by atoms with Gasteiger partial charge in [-0.2, -0.15) is 0 Å².